The molecule has 2 aromatic carbocycles. The summed E-state index contributed by atoms with van der Waals surface area (Å²) in [6.45, 7) is 10.4. The van der Waals surface area contributed by atoms with Crippen LogP contribution in [0.25, 0.3) is 0 Å². The second-order valence-corrected chi connectivity index (χ2v) is 7.30. The molecule has 0 spiro atoms. The van der Waals surface area contributed by atoms with Crippen LogP contribution in [-0.4, -0.2) is 73.4 Å². The first-order chi connectivity index (χ1) is 14.6. The predicted molar refractivity (Wildman–Crippen MR) is 121 cm³/mol. The van der Waals surface area contributed by atoms with E-state index in [4.69, 9.17) is 4.74 Å². The molecule has 0 atom stereocenters. The summed E-state index contributed by atoms with van der Waals surface area (Å²) in [5.74, 6) is 0.946. The second-order valence-electron chi connectivity index (χ2n) is 7.30. The summed E-state index contributed by atoms with van der Waals surface area (Å²) in [5.41, 5.74) is 1.67. The number of phenolic OH excluding ortho intramolecular Hbond substituents is 1. The highest BCUT2D eigenvalue weighted by atomic mass is 16.5. The van der Waals surface area contributed by atoms with E-state index in [0.29, 0.717) is 31.1 Å². The highest BCUT2D eigenvalue weighted by molar-refractivity contribution is 5.91. The molecule has 1 saturated heterocycles. The molecule has 2 N–H and O–H groups in total. The van der Waals surface area contributed by atoms with Crippen LogP contribution in [0.5, 0.6) is 11.5 Å². The zero-order valence-electron chi connectivity index (χ0n) is 17.9. The highest BCUT2D eigenvalue weighted by Crippen LogP contribution is 2.25. The first kappa shape index (κ1) is 21.8. The molecule has 0 unspecified atom stereocenters. The maximum absolute atomic E-state index is 12.8. The van der Waals surface area contributed by atoms with Crippen LogP contribution in [-0.2, 0) is 0 Å². The summed E-state index contributed by atoms with van der Waals surface area (Å²) in [6.07, 6.45) is 0. The first-order valence-corrected chi connectivity index (χ1v) is 10.6. The van der Waals surface area contributed by atoms with Gasteiger partial charge in [0.1, 0.15) is 18.1 Å². The predicted octanol–water partition coefficient (Wildman–Crippen LogP) is 3.47. The normalized spacial score (nSPS) is 14.1. The molecule has 0 aromatic heterocycles. The van der Waals surface area contributed by atoms with E-state index in [1.165, 1.54) is 0 Å². The van der Waals surface area contributed by atoms with Gasteiger partial charge in [0.2, 0.25) is 0 Å². The molecular weight excluding hydrogens is 380 g/mol. The molecule has 7 nitrogen and oxygen atoms in total. The summed E-state index contributed by atoms with van der Waals surface area (Å²) < 4.78 is 5.94. The number of carbonyl (C=O) groups is 1. The van der Waals surface area contributed by atoms with Crippen molar-refractivity contribution in [3.05, 3.63) is 48.5 Å². The summed E-state index contributed by atoms with van der Waals surface area (Å²) in [4.78, 5) is 19.1. The molecule has 1 aliphatic heterocycles. The number of rotatable bonds is 8. The summed E-state index contributed by atoms with van der Waals surface area (Å²) in [5, 5.41) is 12.7. The van der Waals surface area contributed by atoms with Crippen LogP contribution in [0, 0.1) is 0 Å². The molecule has 1 fully saturated rings. The van der Waals surface area contributed by atoms with Crippen molar-refractivity contribution in [2.75, 3.05) is 62.6 Å². The lowest BCUT2D eigenvalue weighted by Crippen LogP contribution is -2.50. The number of benzene rings is 2. The highest BCUT2D eigenvalue weighted by Gasteiger charge is 2.22. The molecule has 162 valence electrons. The third kappa shape index (κ3) is 5.79. The van der Waals surface area contributed by atoms with E-state index in [-0.39, 0.29) is 11.8 Å². The van der Waals surface area contributed by atoms with Crippen molar-refractivity contribution < 1.29 is 14.6 Å². The molecule has 7 heteroatoms. The molecule has 1 heterocycles. The van der Waals surface area contributed by atoms with Gasteiger partial charge in [-0.15, -0.1) is 0 Å². The zero-order chi connectivity index (χ0) is 21.3. The SMILES string of the molecule is CCN(CC)CCOc1ccccc1NC(=O)N1CCN(c2cccc(O)c2)CC1. The van der Waals surface area contributed by atoms with Crippen LogP contribution in [0.15, 0.2) is 48.5 Å². The van der Waals surface area contributed by atoms with Gasteiger partial charge in [-0.3, -0.25) is 0 Å². The molecule has 2 amide bonds. The van der Waals surface area contributed by atoms with Gasteiger partial charge in [-0.2, -0.15) is 0 Å². The quantitative estimate of drug-likeness (QED) is 0.695. The lowest BCUT2D eigenvalue weighted by atomic mass is 10.2. The van der Waals surface area contributed by atoms with Crippen molar-refractivity contribution in [1.29, 1.82) is 0 Å². The minimum atomic E-state index is -0.120. The van der Waals surface area contributed by atoms with E-state index < -0.39 is 0 Å². The average Bonchev–Trinajstić information content (AvgIpc) is 2.78. The number of hydrogen-bond donors (Lipinski definition) is 2. The Labute approximate surface area is 178 Å². The largest absolute Gasteiger partial charge is 0.508 e. The van der Waals surface area contributed by atoms with Gasteiger partial charge < -0.3 is 29.9 Å². The van der Waals surface area contributed by atoms with Crippen molar-refractivity contribution in [3.63, 3.8) is 0 Å². The number of nitrogens with one attached hydrogen (secondary N) is 1. The third-order valence-electron chi connectivity index (χ3n) is 5.45. The van der Waals surface area contributed by atoms with Crippen LogP contribution in [0.3, 0.4) is 0 Å². The number of para-hydroxylation sites is 2. The number of carbonyl (C=O) groups excluding carboxylic acids is 1. The molecule has 3 rings (SSSR count). The van der Waals surface area contributed by atoms with E-state index in [9.17, 15) is 9.90 Å². The Morgan fingerprint density at radius 1 is 1.07 bits per heavy atom. The Hall–Kier alpha value is -2.93. The van der Waals surface area contributed by atoms with Gasteiger partial charge in [-0.05, 0) is 37.4 Å². The molecule has 0 saturated carbocycles. The number of aromatic hydroxyl groups is 1. The van der Waals surface area contributed by atoms with Crippen molar-refractivity contribution in [2.45, 2.75) is 13.8 Å². The summed E-state index contributed by atoms with van der Waals surface area (Å²) in [6, 6.07) is 14.7. The number of amides is 2. The Kier molecular flexibility index (Phi) is 7.79. The van der Waals surface area contributed by atoms with Crippen LogP contribution < -0.4 is 15.0 Å². The topological polar surface area (TPSA) is 68.3 Å². The van der Waals surface area contributed by atoms with Gasteiger partial charge in [0.25, 0.3) is 0 Å². The monoisotopic (exact) mass is 412 g/mol. The molecule has 30 heavy (non-hydrogen) atoms. The molecule has 0 bridgehead atoms. The van der Waals surface area contributed by atoms with Crippen LogP contribution in [0.4, 0.5) is 16.2 Å². The van der Waals surface area contributed by atoms with Crippen LogP contribution in [0.1, 0.15) is 13.8 Å². The van der Waals surface area contributed by atoms with Crippen molar-refractivity contribution in [2.24, 2.45) is 0 Å². The van der Waals surface area contributed by atoms with Crippen molar-refractivity contribution >= 4 is 17.4 Å². The Bertz CT molecular complexity index is 818. The molecule has 0 radical (unpaired) electrons. The number of piperazine rings is 1. The van der Waals surface area contributed by atoms with Crippen LogP contribution in [0.2, 0.25) is 0 Å². The van der Waals surface area contributed by atoms with Gasteiger partial charge >= 0.3 is 6.03 Å². The van der Waals surface area contributed by atoms with E-state index >= 15 is 0 Å². The number of phenols is 1. The number of nitrogens with zero attached hydrogens (tertiary/aromatic N) is 3. The smallest absolute Gasteiger partial charge is 0.322 e. The van der Waals surface area contributed by atoms with Gasteiger partial charge in [-0.25, -0.2) is 4.79 Å². The standard InChI is InChI=1S/C23H32N4O3/c1-3-25(4-2)16-17-30-22-11-6-5-10-21(22)24-23(29)27-14-12-26(13-15-27)19-8-7-9-20(28)18-19/h5-11,18,28H,3-4,12-17H2,1-2H3,(H,24,29). The number of anilines is 2. The first-order valence-electron chi connectivity index (χ1n) is 10.6. The van der Waals surface area contributed by atoms with E-state index in [1.807, 2.05) is 41.3 Å². The fraction of sp³-hybridized carbons (Fsp3) is 0.435. The lowest BCUT2D eigenvalue weighted by molar-refractivity contribution is 0.207. The van der Waals surface area contributed by atoms with E-state index in [0.717, 1.165) is 38.4 Å². The summed E-state index contributed by atoms with van der Waals surface area (Å²) >= 11 is 0. The zero-order valence-corrected chi connectivity index (χ0v) is 17.9. The average molecular weight is 413 g/mol. The minimum absolute atomic E-state index is 0.120. The lowest BCUT2D eigenvalue weighted by Gasteiger charge is -2.36. The number of likely N-dealkylation sites (N-methyl/N-ethyl adjacent to an activating group) is 1. The minimum Gasteiger partial charge on any atom is -0.508 e. The molecule has 1 aliphatic rings. The number of hydrogen-bond acceptors (Lipinski definition) is 5. The van der Waals surface area contributed by atoms with E-state index in [2.05, 4.69) is 29.0 Å². The maximum Gasteiger partial charge on any atom is 0.322 e. The molecule has 0 aliphatic carbocycles. The summed E-state index contributed by atoms with van der Waals surface area (Å²) in [7, 11) is 0. The third-order valence-corrected chi connectivity index (χ3v) is 5.45. The Balaban J connectivity index is 1.53. The van der Waals surface area contributed by atoms with Gasteiger partial charge in [0, 0.05) is 44.5 Å². The molecule has 2 aromatic rings. The number of urea groups is 1. The molecular formula is C23H32N4O3. The fourth-order valence-electron chi connectivity index (χ4n) is 3.57. The van der Waals surface area contributed by atoms with Gasteiger partial charge in [-0.1, -0.05) is 32.0 Å². The Morgan fingerprint density at radius 2 is 1.80 bits per heavy atom. The Morgan fingerprint density at radius 3 is 2.50 bits per heavy atom. The van der Waals surface area contributed by atoms with Crippen LogP contribution >= 0.6 is 0 Å². The number of ether oxygens (including phenoxy) is 1. The van der Waals surface area contributed by atoms with E-state index in [1.54, 1.807) is 12.1 Å². The van der Waals surface area contributed by atoms with Crippen molar-refractivity contribution in [3.8, 4) is 11.5 Å². The van der Waals surface area contributed by atoms with Gasteiger partial charge in [0.05, 0.1) is 5.69 Å². The fourth-order valence-corrected chi connectivity index (χ4v) is 3.57. The van der Waals surface area contributed by atoms with Crippen molar-refractivity contribution in [1.82, 2.24) is 9.80 Å². The maximum atomic E-state index is 12.8. The van der Waals surface area contributed by atoms with Gasteiger partial charge in [0.15, 0.2) is 0 Å². The second kappa shape index (κ2) is 10.7.